The molecule has 2 rings (SSSR count). The Morgan fingerprint density at radius 1 is 1.57 bits per heavy atom. The fourth-order valence-electron chi connectivity index (χ4n) is 2.07. The number of ether oxygens (including phenoxy) is 2. The highest BCUT2D eigenvalue weighted by molar-refractivity contribution is 5.65. The fraction of sp³-hybridized carbons (Fsp3) is 0.583. The van der Waals surface area contributed by atoms with E-state index < -0.39 is 35.7 Å². The third-order valence-corrected chi connectivity index (χ3v) is 3.17. The Morgan fingerprint density at radius 3 is 2.86 bits per heavy atom. The van der Waals surface area contributed by atoms with Crippen molar-refractivity contribution in [1.82, 2.24) is 9.55 Å². The number of nitrogens with one attached hydrogen (secondary N) is 1. The molecular formula is C12H16N2O7. The number of aliphatic hydroxyl groups is 2. The van der Waals surface area contributed by atoms with E-state index in [4.69, 9.17) is 14.6 Å². The summed E-state index contributed by atoms with van der Waals surface area (Å²) in [6.07, 6.45) is -1.18. The number of aromatic nitrogens is 2. The van der Waals surface area contributed by atoms with Gasteiger partial charge >= 0.3 is 11.7 Å². The Balaban J connectivity index is 2.28. The summed E-state index contributed by atoms with van der Waals surface area (Å²) in [5.74, 6) is -0.556. The molecule has 0 radical (unpaired) electrons. The molecule has 1 aliphatic rings. The smallest absolute Gasteiger partial charge is 0.330 e. The third kappa shape index (κ3) is 3.38. The lowest BCUT2D eigenvalue weighted by molar-refractivity contribution is -0.142. The lowest BCUT2D eigenvalue weighted by atomic mass is 10.2. The summed E-state index contributed by atoms with van der Waals surface area (Å²) in [5, 5.41) is 18.7. The van der Waals surface area contributed by atoms with Crippen LogP contribution in [0.5, 0.6) is 0 Å². The predicted octanol–water partition coefficient (Wildman–Crippen LogP) is -1.76. The zero-order valence-electron chi connectivity index (χ0n) is 11.3. The molecule has 0 amide bonds. The molecule has 3 atom stereocenters. The lowest BCUT2D eigenvalue weighted by Crippen LogP contribution is -2.34. The summed E-state index contributed by atoms with van der Waals surface area (Å²) in [4.78, 5) is 36.3. The zero-order chi connectivity index (χ0) is 15.6. The minimum Gasteiger partial charge on any atom is -0.461 e. The van der Waals surface area contributed by atoms with E-state index in [1.165, 1.54) is 13.1 Å². The Kier molecular flexibility index (Phi) is 4.56. The SMILES string of the molecule is CC(=O)OCc1cn(C2CC(O)C(CO)O2)c(=O)[nH]c1=O. The maximum Gasteiger partial charge on any atom is 0.330 e. The summed E-state index contributed by atoms with van der Waals surface area (Å²) in [6.45, 7) is 0.548. The van der Waals surface area contributed by atoms with E-state index in [0.717, 1.165) is 4.57 Å². The first-order valence-electron chi connectivity index (χ1n) is 6.34. The number of hydrogen-bond acceptors (Lipinski definition) is 7. The average molecular weight is 300 g/mol. The van der Waals surface area contributed by atoms with Gasteiger partial charge in [-0.15, -0.1) is 0 Å². The molecule has 1 aromatic rings. The van der Waals surface area contributed by atoms with Crippen molar-refractivity contribution in [2.45, 2.75) is 38.4 Å². The van der Waals surface area contributed by atoms with Gasteiger partial charge in [-0.2, -0.15) is 0 Å². The Labute approximate surface area is 118 Å². The number of H-pyrrole nitrogens is 1. The highest BCUT2D eigenvalue weighted by atomic mass is 16.5. The first-order valence-corrected chi connectivity index (χ1v) is 6.34. The predicted molar refractivity (Wildman–Crippen MR) is 68.4 cm³/mol. The largest absolute Gasteiger partial charge is 0.461 e. The van der Waals surface area contributed by atoms with Gasteiger partial charge in [-0.3, -0.25) is 19.1 Å². The zero-order valence-corrected chi connectivity index (χ0v) is 11.3. The van der Waals surface area contributed by atoms with Crippen molar-refractivity contribution >= 4 is 5.97 Å². The van der Waals surface area contributed by atoms with E-state index in [-0.39, 0.29) is 25.2 Å². The Bertz CT molecular complexity index is 635. The van der Waals surface area contributed by atoms with Crippen LogP contribution in [0.15, 0.2) is 15.8 Å². The number of esters is 1. The van der Waals surface area contributed by atoms with Gasteiger partial charge in [0, 0.05) is 19.5 Å². The molecule has 9 heteroatoms. The van der Waals surface area contributed by atoms with E-state index in [9.17, 15) is 19.5 Å². The maximum absolute atomic E-state index is 11.8. The van der Waals surface area contributed by atoms with Crippen LogP contribution in [-0.4, -0.2) is 44.5 Å². The number of carbonyl (C=O) groups excluding carboxylic acids is 1. The molecule has 1 aromatic heterocycles. The van der Waals surface area contributed by atoms with Crippen LogP contribution in [0.2, 0.25) is 0 Å². The molecule has 0 saturated carbocycles. The molecule has 3 unspecified atom stereocenters. The molecule has 0 aliphatic carbocycles. The first kappa shape index (κ1) is 15.4. The Hall–Kier alpha value is -1.97. The van der Waals surface area contributed by atoms with Crippen molar-refractivity contribution in [3.8, 4) is 0 Å². The Morgan fingerprint density at radius 2 is 2.29 bits per heavy atom. The highest BCUT2D eigenvalue weighted by Crippen LogP contribution is 2.27. The molecule has 2 heterocycles. The van der Waals surface area contributed by atoms with Crippen molar-refractivity contribution in [1.29, 1.82) is 0 Å². The molecule has 0 bridgehead atoms. The van der Waals surface area contributed by atoms with Crippen LogP contribution in [0.4, 0.5) is 0 Å². The van der Waals surface area contributed by atoms with Gasteiger partial charge in [0.05, 0.1) is 18.3 Å². The molecule has 1 saturated heterocycles. The number of aliphatic hydroxyl groups excluding tert-OH is 2. The first-order chi connectivity index (χ1) is 9.92. The van der Waals surface area contributed by atoms with E-state index in [1.807, 2.05) is 0 Å². The van der Waals surface area contributed by atoms with Gasteiger partial charge in [-0.05, 0) is 0 Å². The molecule has 9 nitrogen and oxygen atoms in total. The summed E-state index contributed by atoms with van der Waals surface area (Å²) < 4.78 is 11.2. The van der Waals surface area contributed by atoms with Crippen LogP contribution in [0, 0.1) is 0 Å². The third-order valence-electron chi connectivity index (χ3n) is 3.17. The van der Waals surface area contributed by atoms with Crippen LogP contribution in [0.3, 0.4) is 0 Å². The fourth-order valence-corrected chi connectivity index (χ4v) is 2.07. The van der Waals surface area contributed by atoms with Crippen molar-refractivity contribution < 1.29 is 24.5 Å². The van der Waals surface area contributed by atoms with Gasteiger partial charge < -0.3 is 19.7 Å². The van der Waals surface area contributed by atoms with Gasteiger partial charge in [0.25, 0.3) is 5.56 Å². The number of aromatic amines is 1. The van der Waals surface area contributed by atoms with E-state index in [2.05, 4.69) is 4.98 Å². The standard InChI is InChI=1S/C12H16N2O7/c1-6(16)20-5-7-3-14(12(19)13-11(7)18)10-2-8(17)9(4-15)21-10/h3,8-10,15,17H,2,4-5H2,1H3,(H,13,18,19). The van der Waals surface area contributed by atoms with E-state index >= 15 is 0 Å². The molecule has 21 heavy (non-hydrogen) atoms. The van der Waals surface area contributed by atoms with Crippen molar-refractivity contribution in [3.63, 3.8) is 0 Å². The van der Waals surface area contributed by atoms with Gasteiger partial charge in [-0.1, -0.05) is 0 Å². The van der Waals surface area contributed by atoms with Crippen molar-refractivity contribution in [2.24, 2.45) is 0 Å². The van der Waals surface area contributed by atoms with Crippen LogP contribution in [-0.2, 0) is 20.9 Å². The van der Waals surface area contributed by atoms with Crippen LogP contribution in [0.1, 0.15) is 25.1 Å². The topological polar surface area (TPSA) is 131 Å². The normalized spacial score (nSPS) is 25.0. The quantitative estimate of drug-likeness (QED) is 0.561. The number of nitrogens with zero attached hydrogens (tertiary/aromatic N) is 1. The maximum atomic E-state index is 11.8. The second-order valence-corrected chi connectivity index (χ2v) is 4.72. The summed E-state index contributed by atoms with van der Waals surface area (Å²) in [6, 6.07) is 0. The minimum atomic E-state index is -0.907. The minimum absolute atomic E-state index is 0.0790. The van der Waals surface area contributed by atoms with Crippen LogP contribution < -0.4 is 11.2 Å². The molecule has 1 aliphatic heterocycles. The molecule has 1 fully saturated rings. The van der Waals surface area contributed by atoms with E-state index in [1.54, 1.807) is 0 Å². The molecule has 0 aromatic carbocycles. The number of carbonyl (C=O) groups is 1. The van der Waals surface area contributed by atoms with Crippen molar-refractivity contribution in [2.75, 3.05) is 6.61 Å². The van der Waals surface area contributed by atoms with Gasteiger partial charge in [-0.25, -0.2) is 4.79 Å². The summed E-state index contributed by atoms with van der Waals surface area (Å²) in [7, 11) is 0. The van der Waals surface area contributed by atoms with Gasteiger partial charge in [0.1, 0.15) is 18.9 Å². The molecule has 0 spiro atoms. The second kappa shape index (κ2) is 6.20. The van der Waals surface area contributed by atoms with E-state index in [0.29, 0.717) is 0 Å². The molecule has 3 N–H and O–H groups in total. The second-order valence-electron chi connectivity index (χ2n) is 4.72. The highest BCUT2D eigenvalue weighted by Gasteiger charge is 2.35. The average Bonchev–Trinajstić information content (AvgIpc) is 2.78. The van der Waals surface area contributed by atoms with Crippen molar-refractivity contribution in [3.05, 3.63) is 32.6 Å². The summed E-state index contributed by atoms with van der Waals surface area (Å²) in [5.41, 5.74) is -1.28. The number of rotatable bonds is 4. The lowest BCUT2D eigenvalue weighted by Gasteiger charge is -2.15. The van der Waals surface area contributed by atoms with Crippen LogP contribution in [0.25, 0.3) is 0 Å². The van der Waals surface area contributed by atoms with Gasteiger partial charge in [0.15, 0.2) is 0 Å². The van der Waals surface area contributed by atoms with Crippen LogP contribution >= 0.6 is 0 Å². The monoisotopic (exact) mass is 300 g/mol. The van der Waals surface area contributed by atoms with Gasteiger partial charge in [0.2, 0.25) is 0 Å². The number of hydrogen-bond donors (Lipinski definition) is 3. The summed E-state index contributed by atoms with van der Waals surface area (Å²) >= 11 is 0. The molecule has 116 valence electrons. The molecular weight excluding hydrogens is 284 g/mol.